The summed E-state index contributed by atoms with van der Waals surface area (Å²) in [7, 11) is -3.69. The van der Waals surface area contributed by atoms with Crippen molar-refractivity contribution in [1.29, 1.82) is 5.26 Å². The van der Waals surface area contributed by atoms with Gasteiger partial charge in [-0.3, -0.25) is 9.79 Å². The molecular weight excluding hydrogens is 442 g/mol. The van der Waals surface area contributed by atoms with E-state index in [4.69, 9.17) is 15.7 Å². The number of aryl methyl sites for hydroxylation is 1. The number of nitriles is 1. The quantitative estimate of drug-likeness (QED) is 0.689. The van der Waals surface area contributed by atoms with E-state index < -0.39 is 31.3 Å². The molecule has 3 heterocycles. The highest BCUT2D eigenvalue weighted by Gasteiger charge is 2.57. The first-order valence-corrected chi connectivity index (χ1v) is 12.0. The molecule has 3 N–H and O–H groups in total. The van der Waals surface area contributed by atoms with Gasteiger partial charge < -0.3 is 15.8 Å². The van der Waals surface area contributed by atoms with E-state index in [0.29, 0.717) is 28.1 Å². The number of benzene rings is 1. The Balaban J connectivity index is 1.77. The van der Waals surface area contributed by atoms with Crippen LogP contribution in [0.1, 0.15) is 54.4 Å². The van der Waals surface area contributed by atoms with Gasteiger partial charge in [0.25, 0.3) is 5.91 Å². The van der Waals surface area contributed by atoms with Crippen LogP contribution in [-0.2, 0) is 15.4 Å². The predicted molar refractivity (Wildman–Crippen MR) is 124 cm³/mol. The molecule has 4 rings (SSSR count). The van der Waals surface area contributed by atoms with Gasteiger partial charge in [-0.15, -0.1) is 0 Å². The van der Waals surface area contributed by atoms with Gasteiger partial charge in [0.05, 0.1) is 17.4 Å². The van der Waals surface area contributed by atoms with Crippen LogP contribution in [0.4, 0.5) is 5.69 Å². The number of sulfone groups is 1. The Morgan fingerprint density at radius 1 is 1.30 bits per heavy atom. The molecule has 0 saturated heterocycles. The Morgan fingerprint density at radius 3 is 2.70 bits per heavy atom. The number of nitrogens with one attached hydrogen (secondary N) is 1. The summed E-state index contributed by atoms with van der Waals surface area (Å²) in [6.45, 7) is 6.79. The first-order valence-electron chi connectivity index (χ1n) is 10.5. The maximum absolute atomic E-state index is 13.5. The fourth-order valence-electron chi connectivity index (χ4n) is 4.40. The fraction of sp³-hybridized carbons (Fsp3) is 0.391. The van der Waals surface area contributed by atoms with Crippen LogP contribution in [0.25, 0.3) is 0 Å². The van der Waals surface area contributed by atoms with Gasteiger partial charge in [0.1, 0.15) is 33.6 Å². The predicted octanol–water partition coefficient (Wildman–Crippen LogP) is 2.44. The van der Waals surface area contributed by atoms with Gasteiger partial charge in [-0.05, 0) is 57.5 Å². The second kappa shape index (κ2) is 7.56. The van der Waals surface area contributed by atoms with Crippen molar-refractivity contribution < 1.29 is 17.9 Å². The topological polar surface area (TPSA) is 148 Å². The summed E-state index contributed by atoms with van der Waals surface area (Å²) < 4.78 is 31.5. The molecule has 0 spiro atoms. The molecule has 2 aliphatic rings. The number of carbonyl (C=O) groups is 1. The number of fused-ring (bicyclic) bond motifs is 3. The van der Waals surface area contributed by atoms with Gasteiger partial charge in [-0.25, -0.2) is 13.4 Å². The number of aliphatic imine (C=N–C) groups is 1. The number of amidine groups is 1. The van der Waals surface area contributed by atoms with Crippen LogP contribution < -0.4 is 15.8 Å². The highest BCUT2D eigenvalue weighted by atomic mass is 32.2. The summed E-state index contributed by atoms with van der Waals surface area (Å²) in [5.74, 6) is 0.0895. The SMILES string of the molecule is Cc1cc(C#N)cnc1C(=O)Nc1ccc2c(c1)[C@@]1(C)N=C(N)C(C)(C)S(=O)(=O)[C@@H]1CCO2. The molecule has 2 atom stereocenters. The second-order valence-electron chi connectivity index (χ2n) is 8.99. The number of nitrogens with zero attached hydrogens (tertiary/aromatic N) is 3. The van der Waals surface area contributed by atoms with Gasteiger partial charge in [0.15, 0.2) is 9.84 Å². The zero-order valence-electron chi connectivity index (χ0n) is 18.8. The Bertz CT molecular complexity index is 1340. The second-order valence-corrected chi connectivity index (χ2v) is 11.7. The van der Waals surface area contributed by atoms with E-state index in [0.717, 1.165) is 0 Å². The number of hydrogen-bond acceptors (Lipinski definition) is 8. The van der Waals surface area contributed by atoms with Crippen molar-refractivity contribution in [3.8, 4) is 11.8 Å². The van der Waals surface area contributed by atoms with Crippen LogP contribution in [0.15, 0.2) is 35.5 Å². The Kier molecular flexibility index (Phi) is 5.21. The summed E-state index contributed by atoms with van der Waals surface area (Å²) in [4.78, 5) is 21.6. The van der Waals surface area contributed by atoms with E-state index >= 15 is 0 Å². The van der Waals surface area contributed by atoms with Crippen molar-refractivity contribution >= 4 is 27.3 Å². The van der Waals surface area contributed by atoms with E-state index in [9.17, 15) is 13.2 Å². The summed E-state index contributed by atoms with van der Waals surface area (Å²) >= 11 is 0. The van der Waals surface area contributed by atoms with Gasteiger partial charge in [0.2, 0.25) is 0 Å². The number of hydrogen-bond donors (Lipinski definition) is 2. The first kappa shape index (κ1) is 22.7. The molecule has 0 aliphatic carbocycles. The van der Waals surface area contributed by atoms with Crippen LogP contribution in [0.2, 0.25) is 0 Å². The molecule has 0 fully saturated rings. The van der Waals surface area contributed by atoms with Gasteiger partial charge >= 0.3 is 0 Å². The lowest BCUT2D eigenvalue weighted by atomic mass is 9.86. The zero-order valence-corrected chi connectivity index (χ0v) is 19.7. The molecule has 0 radical (unpaired) electrons. The van der Waals surface area contributed by atoms with Crippen LogP contribution in [0.3, 0.4) is 0 Å². The lowest BCUT2D eigenvalue weighted by molar-refractivity contribution is 0.102. The van der Waals surface area contributed by atoms with Crippen LogP contribution >= 0.6 is 0 Å². The average molecular weight is 468 g/mol. The minimum absolute atomic E-state index is 0.0425. The Labute approximate surface area is 192 Å². The van der Waals surface area contributed by atoms with Crippen LogP contribution in [0, 0.1) is 18.3 Å². The van der Waals surface area contributed by atoms with Gasteiger partial charge in [-0.1, -0.05) is 0 Å². The van der Waals surface area contributed by atoms with E-state index in [1.165, 1.54) is 6.20 Å². The number of aromatic nitrogens is 1. The fourth-order valence-corrected chi connectivity index (χ4v) is 6.64. The van der Waals surface area contributed by atoms with Crippen molar-refractivity contribution in [2.75, 3.05) is 11.9 Å². The molecule has 1 aromatic heterocycles. The van der Waals surface area contributed by atoms with E-state index in [2.05, 4.69) is 15.3 Å². The maximum atomic E-state index is 13.5. The van der Waals surface area contributed by atoms with E-state index in [-0.39, 0.29) is 24.6 Å². The normalized spacial score (nSPS) is 24.7. The monoisotopic (exact) mass is 467 g/mol. The van der Waals surface area contributed by atoms with Crippen LogP contribution in [0.5, 0.6) is 5.75 Å². The zero-order chi connectivity index (χ0) is 24.2. The lowest BCUT2D eigenvalue weighted by Gasteiger charge is -2.43. The molecule has 2 aromatic rings. The molecular formula is C23H25N5O4S. The highest BCUT2D eigenvalue weighted by Crippen LogP contribution is 2.48. The standard InChI is InChI=1S/C23H25N5O4S/c1-13-9-14(11-24)12-26-19(13)20(29)27-15-5-6-17-16(10-15)23(4)18(7-8-32-17)33(30,31)22(2,3)21(25)28-23/h5-6,9-10,12,18H,7-8H2,1-4H3,(H2,25,28)(H,27,29)/t18-,23-/m1/s1. The molecule has 10 heteroatoms. The van der Waals surface area contributed by atoms with E-state index in [1.807, 2.05) is 6.07 Å². The Morgan fingerprint density at radius 2 is 2.03 bits per heavy atom. The lowest BCUT2D eigenvalue weighted by Crippen LogP contribution is -2.59. The summed E-state index contributed by atoms with van der Waals surface area (Å²) in [6.07, 6.45) is 1.61. The average Bonchev–Trinajstić information content (AvgIpc) is 2.89. The van der Waals surface area contributed by atoms with Crippen LogP contribution in [-0.4, -0.2) is 41.7 Å². The maximum Gasteiger partial charge on any atom is 0.274 e. The molecule has 1 amide bonds. The molecule has 0 saturated carbocycles. The Hall–Kier alpha value is -3.45. The molecule has 1 aromatic carbocycles. The van der Waals surface area contributed by atoms with Gasteiger partial charge in [-0.2, -0.15) is 5.26 Å². The molecule has 0 unspecified atom stereocenters. The van der Waals surface area contributed by atoms with Crippen molar-refractivity contribution in [3.05, 3.63) is 52.8 Å². The minimum atomic E-state index is -3.69. The van der Waals surface area contributed by atoms with Crippen molar-refractivity contribution in [2.24, 2.45) is 10.7 Å². The van der Waals surface area contributed by atoms with E-state index in [1.54, 1.807) is 52.0 Å². The summed E-state index contributed by atoms with van der Waals surface area (Å²) in [6, 6.07) is 8.62. The van der Waals surface area contributed by atoms with Crippen molar-refractivity contribution in [3.63, 3.8) is 0 Å². The number of amides is 1. The van der Waals surface area contributed by atoms with Gasteiger partial charge in [0, 0.05) is 23.9 Å². The third kappa shape index (κ3) is 3.43. The minimum Gasteiger partial charge on any atom is -0.493 e. The number of pyridine rings is 1. The molecule has 2 aliphatic heterocycles. The molecule has 172 valence electrons. The first-order chi connectivity index (χ1) is 15.4. The number of anilines is 1. The largest absolute Gasteiger partial charge is 0.493 e. The summed E-state index contributed by atoms with van der Waals surface area (Å²) in [5.41, 5.74) is 7.07. The summed E-state index contributed by atoms with van der Waals surface area (Å²) in [5, 5.41) is 11.0. The smallest absolute Gasteiger partial charge is 0.274 e. The number of nitrogens with two attached hydrogens (primary N) is 1. The molecule has 33 heavy (non-hydrogen) atoms. The molecule has 0 bridgehead atoms. The van der Waals surface area contributed by atoms with Crippen molar-refractivity contribution in [2.45, 2.75) is 49.7 Å². The molecule has 9 nitrogen and oxygen atoms in total. The highest BCUT2D eigenvalue weighted by molar-refractivity contribution is 7.94. The third-order valence-corrected chi connectivity index (χ3v) is 9.60. The number of ether oxygens (including phenoxy) is 1. The third-order valence-electron chi connectivity index (χ3n) is 6.53. The number of rotatable bonds is 2. The number of carbonyl (C=O) groups excluding carboxylic acids is 1. The van der Waals surface area contributed by atoms with Crippen molar-refractivity contribution in [1.82, 2.24) is 4.98 Å².